The Bertz CT molecular complexity index is 1110. The highest BCUT2D eigenvalue weighted by Crippen LogP contribution is 2.21. The lowest BCUT2D eigenvalue weighted by Gasteiger charge is -2.32. The number of hydrogen-bond donors (Lipinski definition) is 1. The van der Waals surface area contributed by atoms with Crippen molar-refractivity contribution in [3.63, 3.8) is 0 Å². The highest BCUT2D eigenvalue weighted by Gasteiger charge is 2.32. The van der Waals surface area contributed by atoms with Gasteiger partial charge in [-0.05, 0) is 36.5 Å². The van der Waals surface area contributed by atoms with Gasteiger partial charge in [0.05, 0.1) is 5.75 Å². The molecule has 0 heterocycles. The van der Waals surface area contributed by atoms with Gasteiger partial charge in [-0.2, -0.15) is 0 Å². The number of nitrogens with zero attached hydrogens (tertiary/aromatic N) is 1. The molecule has 3 aromatic carbocycles. The van der Waals surface area contributed by atoms with Crippen molar-refractivity contribution in [1.82, 2.24) is 10.2 Å². The zero-order valence-electron chi connectivity index (χ0n) is 21.1. The molecule has 0 saturated heterocycles. The Labute approximate surface area is 219 Å². The van der Waals surface area contributed by atoms with Crippen LogP contribution in [0.3, 0.4) is 0 Å². The summed E-state index contributed by atoms with van der Waals surface area (Å²) in [4.78, 5) is 29.2. The standard InChI is InChI=1S/C31H36N2O2S/c1-24-11-10-16-27(19-24)21-33(30(34)23-36-22-26-14-6-3-7-15-26)29(20-25-12-4-2-5-13-25)31(35)32-28-17-8-9-18-28/h2-7,10-16,19,28-29H,8-9,17-18,20-23H2,1H3,(H,32,35). The monoisotopic (exact) mass is 500 g/mol. The molecule has 5 heteroatoms. The fourth-order valence-corrected chi connectivity index (χ4v) is 5.71. The highest BCUT2D eigenvalue weighted by atomic mass is 32.2. The SMILES string of the molecule is Cc1cccc(CN(C(=O)CSCc2ccccc2)C(Cc2ccccc2)C(=O)NC2CCCC2)c1. The summed E-state index contributed by atoms with van der Waals surface area (Å²) in [6, 6.07) is 28.1. The molecule has 3 aromatic rings. The molecule has 0 radical (unpaired) electrons. The van der Waals surface area contributed by atoms with Gasteiger partial charge in [0.2, 0.25) is 11.8 Å². The number of rotatable bonds is 11. The first kappa shape index (κ1) is 26.0. The molecule has 1 saturated carbocycles. The summed E-state index contributed by atoms with van der Waals surface area (Å²) in [6.07, 6.45) is 4.83. The van der Waals surface area contributed by atoms with Crippen LogP contribution in [-0.2, 0) is 28.3 Å². The van der Waals surface area contributed by atoms with E-state index in [1.807, 2.05) is 65.6 Å². The number of thioether (sulfide) groups is 1. The van der Waals surface area contributed by atoms with Crippen LogP contribution in [0.1, 0.15) is 47.9 Å². The van der Waals surface area contributed by atoms with Crippen LogP contribution >= 0.6 is 11.8 Å². The van der Waals surface area contributed by atoms with Crippen molar-refractivity contribution in [3.05, 3.63) is 107 Å². The summed E-state index contributed by atoms with van der Waals surface area (Å²) in [6.45, 7) is 2.47. The highest BCUT2D eigenvalue weighted by molar-refractivity contribution is 7.99. The third-order valence-corrected chi connectivity index (χ3v) is 7.73. The lowest BCUT2D eigenvalue weighted by molar-refractivity contribution is -0.139. The lowest BCUT2D eigenvalue weighted by atomic mass is 10.0. The van der Waals surface area contributed by atoms with E-state index in [1.54, 1.807) is 11.8 Å². The minimum atomic E-state index is -0.557. The van der Waals surface area contributed by atoms with Crippen LogP contribution in [0, 0.1) is 6.92 Å². The topological polar surface area (TPSA) is 49.4 Å². The molecule has 0 spiro atoms. The quantitative estimate of drug-likeness (QED) is 0.355. The summed E-state index contributed by atoms with van der Waals surface area (Å²) >= 11 is 1.60. The maximum absolute atomic E-state index is 13.7. The van der Waals surface area contributed by atoms with Gasteiger partial charge in [0.15, 0.2) is 0 Å². The molecule has 1 N–H and O–H groups in total. The van der Waals surface area contributed by atoms with E-state index in [4.69, 9.17) is 0 Å². The van der Waals surface area contributed by atoms with Crippen LogP contribution in [0.5, 0.6) is 0 Å². The molecule has 4 nitrogen and oxygen atoms in total. The minimum Gasteiger partial charge on any atom is -0.352 e. The Hall–Kier alpha value is -3.05. The molecule has 1 unspecified atom stereocenters. The van der Waals surface area contributed by atoms with Gasteiger partial charge in [0.1, 0.15) is 6.04 Å². The summed E-state index contributed by atoms with van der Waals surface area (Å²) in [7, 11) is 0. The van der Waals surface area contributed by atoms with E-state index in [1.165, 1.54) is 5.56 Å². The third kappa shape index (κ3) is 7.72. The van der Waals surface area contributed by atoms with E-state index >= 15 is 0 Å². The normalized spacial score (nSPS) is 14.4. The van der Waals surface area contributed by atoms with Crippen molar-refractivity contribution in [1.29, 1.82) is 0 Å². The van der Waals surface area contributed by atoms with Crippen molar-refractivity contribution in [2.75, 3.05) is 5.75 Å². The summed E-state index contributed by atoms with van der Waals surface area (Å²) in [5.74, 6) is 1.06. The number of hydrogen-bond acceptors (Lipinski definition) is 3. The zero-order valence-corrected chi connectivity index (χ0v) is 21.9. The second kappa shape index (κ2) is 13.3. The Kier molecular flexibility index (Phi) is 9.62. The fourth-order valence-electron chi connectivity index (χ4n) is 4.84. The molecule has 1 aliphatic rings. The molecule has 1 fully saturated rings. The van der Waals surface area contributed by atoms with E-state index in [0.29, 0.717) is 18.7 Å². The average Bonchev–Trinajstić information content (AvgIpc) is 3.40. The zero-order chi connectivity index (χ0) is 25.2. The number of carbonyl (C=O) groups is 2. The summed E-state index contributed by atoms with van der Waals surface area (Å²) in [5.41, 5.74) is 4.44. The molecule has 1 aliphatic carbocycles. The molecule has 2 amide bonds. The van der Waals surface area contributed by atoms with E-state index in [0.717, 1.165) is 48.1 Å². The van der Waals surface area contributed by atoms with Gasteiger partial charge in [-0.3, -0.25) is 9.59 Å². The third-order valence-electron chi connectivity index (χ3n) is 6.75. The average molecular weight is 501 g/mol. The second-order valence-electron chi connectivity index (χ2n) is 9.68. The maximum atomic E-state index is 13.7. The molecule has 0 aliphatic heterocycles. The van der Waals surface area contributed by atoms with Gasteiger partial charge in [0, 0.05) is 24.8 Å². The Morgan fingerprint density at radius 3 is 2.19 bits per heavy atom. The first-order valence-corrected chi connectivity index (χ1v) is 14.0. The molecular weight excluding hydrogens is 464 g/mol. The molecule has 1 atom stereocenters. The van der Waals surface area contributed by atoms with E-state index in [9.17, 15) is 9.59 Å². The van der Waals surface area contributed by atoms with Crippen LogP contribution in [0.15, 0.2) is 84.9 Å². The van der Waals surface area contributed by atoms with Crippen molar-refractivity contribution in [2.45, 2.75) is 63.4 Å². The van der Waals surface area contributed by atoms with Crippen LogP contribution < -0.4 is 5.32 Å². The van der Waals surface area contributed by atoms with Crippen molar-refractivity contribution in [2.24, 2.45) is 0 Å². The summed E-state index contributed by atoms with van der Waals surface area (Å²) < 4.78 is 0. The Balaban J connectivity index is 1.56. The van der Waals surface area contributed by atoms with Crippen molar-refractivity contribution < 1.29 is 9.59 Å². The van der Waals surface area contributed by atoms with Gasteiger partial charge in [0.25, 0.3) is 0 Å². The largest absolute Gasteiger partial charge is 0.352 e. The molecule has 36 heavy (non-hydrogen) atoms. The van der Waals surface area contributed by atoms with Crippen molar-refractivity contribution in [3.8, 4) is 0 Å². The fraction of sp³-hybridized carbons (Fsp3) is 0.355. The molecule has 188 valence electrons. The predicted molar refractivity (Wildman–Crippen MR) is 149 cm³/mol. The number of nitrogens with one attached hydrogen (secondary N) is 1. The van der Waals surface area contributed by atoms with Crippen LogP contribution in [0.25, 0.3) is 0 Å². The number of benzene rings is 3. The van der Waals surface area contributed by atoms with Crippen molar-refractivity contribution >= 4 is 23.6 Å². The predicted octanol–water partition coefficient (Wildman–Crippen LogP) is 5.93. The van der Waals surface area contributed by atoms with E-state index in [-0.39, 0.29) is 17.9 Å². The smallest absolute Gasteiger partial charge is 0.243 e. The Morgan fingerprint density at radius 2 is 1.53 bits per heavy atom. The van der Waals surface area contributed by atoms with Gasteiger partial charge < -0.3 is 10.2 Å². The first-order valence-electron chi connectivity index (χ1n) is 12.9. The van der Waals surface area contributed by atoms with E-state index in [2.05, 4.69) is 36.5 Å². The number of amides is 2. The van der Waals surface area contributed by atoms with E-state index < -0.39 is 6.04 Å². The maximum Gasteiger partial charge on any atom is 0.243 e. The second-order valence-corrected chi connectivity index (χ2v) is 10.7. The van der Waals surface area contributed by atoms with Crippen LogP contribution in [0.2, 0.25) is 0 Å². The first-order chi connectivity index (χ1) is 17.6. The van der Waals surface area contributed by atoms with Gasteiger partial charge in [-0.25, -0.2) is 0 Å². The van der Waals surface area contributed by atoms with Crippen LogP contribution in [0.4, 0.5) is 0 Å². The molecule has 4 rings (SSSR count). The van der Waals surface area contributed by atoms with Gasteiger partial charge in [-0.15, -0.1) is 11.8 Å². The molecule has 0 bridgehead atoms. The summed E-state index contributed by atoms with van der Waals surface area (Å²) in [5, 5.41) is 3.27. The molecule has 0 aromatic heterocycles. The van der Waals surface area contributed by atoms with Crippen LogP contribution in [-0.4, -0.2) is 34.6 Å². The number of carbonyl (C=O) groups excluding carboxylic acids is 2. The van der Waals surface area contributed by atoms with Gasteiger partial charge >= 0.3 is 0 Å². The minimum absolute atomic E-state index is 0.0000553. The lowest BCUT2D eigenvalue weighted by Crippen LogP contribution is -2.52. The number of aryl methyl sites for hydroxylation is 1. The Morgan fingerprint density at radius 1 is 0.889 bits per heavy atom. The van der Waals surface area contributed by atoms with Gasteiger partial charge in [-0.1, -0.05) is 103 Å². The molecular formula is C31H36N2O2S.